The zero-order valence-corrected chi connectivity index (χ0v) is 12.2. The quantitative estimate of drug-likeness (QED) is 0.906. The standard InChI is InChI=1S/C13H15N3O3S/c1-4-8-6-9(13(18)19)12(20-8)14-11(17)10-5-7(2)15-16(10)3/h5-6H,4H2,1-3H3,(H,14,17)(H,18,19). The Hall–Kier alpha value is -2.15. The molecule has 0 bridgehead atoms. The molecule has 0 aliphatic carbocycles. The Kier molecular flexibility index (Phi) is 3.89. The lowest BCUT2D eigenvalue weighted by atomic mass is 10.2. The molecule has 2 rings (SSSR count). The highest BCUT2D eigenvalue weighted by Crippen LogP contribution is 2.29. The highest BCUT2D eigenvalue weighted by atomic mass is 32.1. The van der Waals surface area contributed by atoms with Gasteiger partial charge in [-0.25, -0.2) is 4.79 Å². The van der Waals surface area contributed by atoms with E-state index in [0.29, 0.717) is 10.7 Å². The van der Waals surface area contributed by atoms with E-state index >= 15 is 0 Å². The maximum absolute atomic E-state index is 12.2. The summed E-state index contributed by atoms with van der Waals surface area (Å²) in [5.41, 5.74) is 1.25. The number of carboxylic acid groups (broad SMARTS) is 1. The first-order valence-corrected chi connectivity index (χ1v) is 6.92. The number of aromatic carboxylic acids is 1. The minimum atomic E-state index is -1.04. The summed E-state index contributed by atoms with van der Waals surface area (Å²) in [6.45, 7) is 3.73. The number of hydrogen-bond acceptors (Lipinski definition) is 4. The molecule has 0 saturated heterocycles. The molecule has 0 atom stereocenters. The van der Waals surface area contributed by atoms with E-state index in [1.807, 2.05) is 6.92 Å². The van der Waals surface area contributed by atoms with Crippen molar-refractivity contribution in [3.63, 3.8) is 0 Å². The van der Waals surface area contributed by atoms with Crippen LogP contribution in [0, 0.1) is 6.92 Å². The van der Waals surface area contributed by atoms with E-state index in [1.54, 1.807) is 26.1 Å². The van der Waals surface area contributed by atoms with Gasteiger partial charge in [-0.15, -0.1) is 11.3 Å². The molecule has 0 saturated carbocycles. The number of nitrogens with zero attached hydrogens (tertiary/aromatic N) is 2. The van der Waals surface area contributed by atoms with Gasteiger partial charge in [0.05, 0.1) is 11.3 Å². The van der Waals surface area contributed by atoms with Gasteiger partial charge in [0.25, 0.3) is 5.91 Å². The fraction of sp³-hybridized carbons (Fsp3) is 0.308. The number of rotatable bonds is 4. The molecule has 1 amide bonds. The van der Waals surface area contributed by atoms with Crippen molar-refractivity contribution in [2.45, 2.75) is 20.3 Å². The van der Waals surface area contributed by atoms with Gasteiger partial charge in [-0.2, -0.15) is 5.10 Å². The largest absolute Gasteiger partial charge is 0.478 e. The van der Waals surface area contributed by atoms with Gasteiger partial charge in [0.15, 0.2) is 0 Å². The van der Waals surface area contributed by atoms with Gasteiger partial charge in [0.1, 0.15) is 10.7 Å². The summed E-state index contributed by atoms with van der Waals surface area (Å²) in [6, 6.07) is 3.25. The molecular formula is C13H15N3O3S. The van der Waals surface area contributed by atoms with Gasteiger partial charge >= 0.3 is 5.97 Å². The van der Waals surface area contributed by atoms with Crippen LogP contribution in [0.2, 0.25) is 0 Å². The fourth-order valence-electron chi connectivity index (χ4n) is 1.86. The minimum Gasteiger partial charge on any atom is -0.478 e. The Labute approximate surface area is 120 Å². The van der Waals surface area contributed by atoms with Gasteiger partial charge in [0.2, 0.25) is 0 Å². The maximum atomic E-state index is 12.2. The van der Waals surface area contributed by atoms with Crippen LogP contribution in [0.5, 0.6) is 0 Å². The van der Waals surface area contributed by atoms with Crippen molar-refractivity contribution in [3.8, 4) is 0 Å². The number of hydrogen-bond donors (Lipinski definition) is 2. The van der Waals surface area contributed by atoms with E-state index in [2.05, 4.69) is 10.4 Å². The van der Waals surface area contributed by atoms with Crippen LogP contribution in [0.3, 0.4) is 0 Å². The van der Waals surface area contributed by atoms with E-state index in [4.69, 9.17) is 5.11 Å². The van der Waals surface area contributed by atoms with Gasteiger partial charge in [-0.3, -0.25) is 9.48 Å². The molecule has 0 aliphatic rings. The highest BCUT2D eigenvalue weighted by Gasteiger charge is 2.19. The smallest absolute Gasteiger partial charge is 0.338 e. The summed E-state index contributed by atoms with van der Waals surface area (Å²) in [4.78, 5) is 24.3. The Balaban J connectivity index is 2.30. The molecule has 0 aliphatic heterocycles. The number of carbonyl (C=O) groups excluding carboxylic acids is 1. The topological polar surface area (TPSA) is 84.2 Å². The number of thiophene rings is 1. The summed E-state index contributed by atoms with van der Waals surface area (Å²) < 4.78 is 1.47. The lowest BCUT2D eigenvalue weighted by Crippen LogP contribution is -2.16. The van der Waals surface area contributed by atoms with Crippen molar-refractivity contribution in [1.29, 1.82) is 0 Å². The van der Waals surface area contributed by atoms with Crippen molar-refractivity contribution < 1.29 is 14.7 Å². The minimum absolute atomic E-state index is 0.124. The molecule has 0 spiro atoms. The lowest BCUT2D eigenvalue weighted by molar-refractivity contribution is 0.0698. The van der Waals surface area contributed by atoms with Gasteiger partial charge in [-0.1, -0.05) is 6.92 Å². The molecule has 0 radical (unpaired) electrons. The number of aryl methyl sites for hydroxylation is 3. The number of aromatic nitrogens is 2. The second-order valence-corrected chi connectivity index (χ2v) is 5.50. The summed E-state index contributed by atoms with van der Waals surface area (Å²) in [6.07, 6.45) is 0.728. The molecule has 0 aromatic carbocycles. The van der Waals surface area contributed by atoms with E-state index in [-0.39, 0.29) is 11.5 Å². The molecule has 7 heteroatoms. The summed E-state index contributed by atoms with van der Waals surface area (Å²) in [5.74, 6) is -1.41. The van der Waals surface area contributed by atoms with E-state index in [0.717, 1.165) is 17.0 Å². The van der Waals surface area contributed by atoms with Crippen LogP contribution in [-0.4, -0.2) is 26.8 Å². The second kappa shape index (κ2) is 5.46. The lowest BCUT2D eigenvalue weighted by Gasteiger charge is -2.04. The van der Waals surface area contributed by atoms with Crippen molar-refractivity contribution in [2.24, 2.45) is 7.05 Å². The number of amides is 1. The second-order valence-electron chi connectivity index (χ2n) is 4.36. The molecule has 6 nitrogen and oxygen atoms in total. The third-order valence-electron chi connectivity index (χ3n) is 2.82. The Morgan fingerprint density at radius 3 is 2.65 bits per heavy atom. The molecule has 0 fully saturated rings. The average molecular weight is 293 g/mol. The number of carboxylic acids is 1. The van der Waals surface area contributed by atoms with Crippen LogP contribution in [0.1, 0.15) is 38.3 Å². The van der Waals surface area contributed by atoms with Crippen molar-refractivity contribution in [3.05, 3.63) is 34.0 Å². The van der Waals surface area contributed by atoms with Crippen LogP contribution in [0.15, 0.2) is 12.1 Å². The van der Waals surface area contributed by atoms with Crippen molar-refractivity contribution in [2.75, 3.05) is 5.32 Å². The zero-order chi connectivity index (χ0) is 14.9. The van der Waals surface area contributed by atoms with Crippen LogP contribution < -0.4 is 5.32 Å². The maximum Gasteiger partial charge on any atom is 0.338 e. The molecule has 0 unspecified atom stereocenters. The number of anilines is 1. The van der Waals surface area contributed by atoms with Crippen LogP contribution in [0.25, 0.3) is 0 Å². The predicted octanol–water partition coefficient (Wildman–Crippen LogP) is 2.30. The Morgan fingerprint density at radius 1 is 1.45 bits per heavy atom. The zero-order valence-electron chi connectivity index (χ0n) is 11.4. The first-order valence-electron chi connectivity index (χ1n) is 6.10. The van der Waals surface area contributed by atoms with Crippen molar-refractivity contribution in [1.82, 2.24) is 9.78 Å². The number of carbonyl (C=O) groups is 2. The van der Waals surface area contributed by atoms with E-state index in [9.17, 15) is 9.59 Å². The van der Waals surface area contributed by atoms with Gasteiger partial charge < -0.3 is 10.4 Å². The normalized spacial score (nSPS) is 10.6. The molecule has 20 heavy (non-hydrogen) atoms. The Bertz CT molecular complexity index is 672. The average Bonchev–Trinajstić information content (AvgIpc) is 2.92. The summed E-state index contributed by atoms with van der Waals surface area (Å²) in [5, 5.41) is 16.3. The highest BCUT2D eigenvalue weighted by molar-refractivity contribution is 7.16. The summed E-state index contributed by atoms with van der Waals surface area (Å²) >= 11 is 1.28. The molecule has 2 aromatic heterocycles. The third kappa shape index (κ3) is 2.72. The van der Waals surface area contributed by atoms with E-state index < -0.39 is 5.97 Å². The first-order chi connectivity index (χ1) is 9.42. The fourth-order valence-corrected chi connectivity index (χ4v) is 2.84. The molecular weight excluding hydrogens is 278 g/mol. The number of nitrogens with one attached hydrogen (secondary N) is 1. The van der Waals surface area contributed by atoms with Gasteiger partial charge in [-0.05, 0) is 25.5 Å². The molecule has 2 heterocycles. The monoisotopic (exact) mass is 293 g/mol. The van der Waals surface area contributed by atoms with E-state index in [1.165, 1.54) is 16.0 Å². The SMILES string of the molecule is CCc1cc(C(=O)O)c(NC(=O)c2cc(C)nn2C)s1. The summed E-state index contributed by atoms with van der Waals surface area (Å²) in [7, 11) is 1.67. The van der Waals surface area contributed by atoms with Crippen LogP contribution in [0.4, 0.5) is 5.00 Å². The van der Waals surface area contributed by atoms with Gasteiger partial charge in [0, 0.05) is 11.9 Å². The first kappa shape index (κ1) is 14.3. The molecule has 2 N–H and O–H groups in total. The Morgan fingerprint density at radius 2 is 2.15 bits per heavy atom. The van der Waals surface area contributed by atoms with Crippen LogP contribution in [-0.2, 0) is 13.5 Å². The third-order valence-corrected chi connectivity index (χ3v) is 4.02. The predicted molar refractivity (Wildman–Crippen MR) is 76.6 cm³/mol. The van der Waals surface area contributed by atoms with Crippen LogP contribution >= 0.6 is 11.3 Å². The van der Waals surface area contributed by atoms with Crippen molar-refractivity contribution >= 4 is 28.2 Å². The molecule has 2 aromatic rings. The molecule has 106 valence electrons.